The SMILES string of the molecule is CC(Sc1nnc(-c2cccs2)n1CC1CCCO1)C(=O)Nc1ccccc1. The lowest BCUT2D eigenvalue weighted by Gasteiger charge is -2.16. The maximum atomic E-state index is 12.6. The second-order valence-corrected chi connectivity index (χ2v) is 8.90. The number of carbonyl (C=O) groups excluding carboxylic acids is 1. The molecule has 4 rings (SSSR count). The van der Waals surface area contributed by atoms with Gasteiger partial charge >= 0.3 is 0 Å². The highest BCUT2D eigenvalue weighted by atomic mass is 32.2. The molecule has 1 aliphatic rings. The monoisotopic (exact) mass is 414 g/mol. The molecule has 1 fully saturated rings. The van der Waals surface area contributed by atoms with E-state index in [4.69, 9.17) is 4.74 Å². The van der Waals surface area contributed by atoms with Crippen LogP contribution < -0.4 is 5.32 Å². The van der Waals surface area contributed by atoms with E-state index >= 15 is 0 Å². The number of rotatable bonds is 7. The third-order valence-electron chi connectivity index (χ3n) is 4.56. The first-order valence-corrected chi connectivity index (χ1v) is 11.1. The van der Waals surface area contributed by atoms with Crippen molar-refractivity contribution in [2.45, 2.75) is 42.8 Å². The molecule has 1 saturated heterocycles. The van der Waals surface area contributed by atoms with Crippen LogP contribution in [-0.4, -0.2) is 38.6 Å². The van der Waals surface area contributed by atoms with Crippen molar-refractivity contribution < 1.29 is 9.53 Å². The molecule has 3 aromatic rings. The van der Waals surface area contributed by atoms with Crippen LogP contribution in [0.1, 0.15) is 19.8 Å². The van der Waals surface area contributed by atoms with Gasteiger partial charge in [-0.3, -0.25) is 9.36 Å². The summed E-state index contributed by atoms with van der Waals surface area (Å²) >= 11 is 3.06. The molecule has 0 spiro atoms. The van der Waals surface area contributed by atoms with Gasteiger partial charge in [0.25, 0.3) is 0 Å². The Morgan fingerprint density at radius 2 is 2.18 bits per heavy atom. The van der Waals surface area contributed by atoms with E-state index in [1.807, 2.05) is 54.8 Å². The number of para-hydroxylation sites is 1. The molecule has 0 radical (unpaired) electrons. The lowest BCUT2D eigenvalue weighted by atomic mass is 10.2. The smallest absolute Gasteiger partial charge is 0.237 e. The fourth-order valence-electron chi connectivity index (χ4n) is 3.10. The number of hydrogen-bond acceptors (Lipinski definition) is 6. The number of thiophene rings is 1. The average Bonchev–Trinajstić information content (AvgIpc) is 3.46. The van der Waals surface area contributed by atoms with Gasteiger partial charge in [0, 0.05) is 12.3 Å². The number of aromatic nitrogens is 3. The van der Waals surface area contributed by atoms with Crippen LogP contribution in [0, 0.1) is 0 Å². The van der Waals surface area contributed by atoms with Gasteiger partial charge in [0.05, 0.1) is 22.8 Å². The van der Waals surface area contributed by atoms with Crippen LogP contribution in [0.5, 0.6) is 0 Å². The molecular formula is C20H22N4O2S2. The lowest BCUT2D eigenvalue weighted by Crippen LogP contribution is -2.23. The molecule has 0 aliphatic carbocycles. The molecule has 6 nitrogen and oxygen atoms in total. The largest absolute Gasteiger partial charge is 0.376 e. The molecule has 2 atom stereocenters. The number of benzene rings is 1. The Morgan fingerprint density at radius 1 is 1.32 bits per heavy atom. The standard InChI is InChI=1S/C20H22N4O2S2/c1-14(19(25)21-15-7-3-2-4-8-15)28-20-23-22-18(17-10-6-12-27-17)24(20)13-16-9-5-11-26-16/h2-4,6-8,10,12,14,16H,5,9,11,13H2,1H3,(H,21,25). The minimum Gasteiger partial charge on any atom is -0.376 e. The summed E-state index contributed by atoms with van der Waals surface area (Å²) < 4.78 is 7.92. The van der Waals surface area contributed by atoms with E-state index in [-0.39, 0.29) is 17.3 Å². The summed E-state index contributed by atoms with van der Waals surface area (Å²) in [5.41, 5.74) is 0.792. The molecule has 0 bridgehead atoms. The van der Waals surface area contributed by atoms with Crippen molar-refractivity contribution in [3.8, 4) is 10.7 Å². The zero-order chi connectivity index (χ0) is 19.3. The van der Waals surface area contributed by atoms with Gasteiger partial charge in [-0.2, -0.15) is 0 Å². The van der Waals surface area contributed by atoms with Crippen LogP contribution in [0.4, 0.5) is 5.69 Å². The van der Waals surface area contributed by atoms with Crippen LogP contribution in [0.3, 0.4) is 0 Å². The molecule has 1 N–H and O–H groups in total. The number of amides is 1. The Bertz CT molecular complexity index is 906. The molecule has 3 heterocycles. The summed E-state index contributed by atoms with van der Waals surface area (Å²) in [6.07, 6.45) is 2.29. The first kappa shape index (κ1) is 19.2. The molecule has 1 amide bonds. The normalized spacial score (nSPS) is 17.5. The van der Waals surface area contributed by atoms with E-state index in [0.717, 1.165) is 41.0 Å². The first-order valence-electron chi connectivity index (χ1n) is 9.32. The highest BCUT2D eigenvalue weighted by Gasteiger charge is 2.25. The zero-order valence-electron chi connectivity index (χ0n) is 15.6. The Labute approximate surface area is 172 Å². The molecule has 28 heavy (non-hydrogen) atoms. The summed E-state index contributed by atoms with van der Waals surface area (Å²) in [5, 5.41) is 14.2. The second-order valence-electron chi connectivity index (χ2n) is 6.64. The Kier molecular flexibility index (Phi) is 6.09. The number of hydrogen-bond donors (Lipinski definition) is 1. The van der Waals surface area contributed by atoms with Crippen LogP contribution >= 0.6 is 23.1 Å². The van der Waals surface area contributed by atoms with E-state index in [1.54, 1.807) is 11.3 Å². The van der Waals surface area contributed by atoms with E-state index < -0.39 is 0 Å². The molecule has 1 aromatic carbocycles. The van der Waals surface area contributed by atoms with Gasteiger partial charge in [-0.1, -0.05) is 36.0 Å². The van der Waals surface area contributed by atoms with Gasteiger partial charge in [-0.05, 0) is 43.3 Å². The van der Waals surface area contributed by atoms with Crippen molar-refractivity contribution >= 4 is 34.7 Å². The van der Waals surface area contributed by atoms with Gasteiger partial charge in [-0.15, -0.1) is 21.5 Å². The summed E-state index contributed by atoms with van der Waals surface area (Å²) in [7, 11) is 0. The van der Waals surface area contributed by atoms with Crippen molar-refractivity contribution in [2.75, 3.05) is 11.9 Å². The zero-order valence-corrected chi connectivity index (χ0v) is 17.2. The summed E-state index contributed by atoms with van der Waals surface area (Å²) in [4.78, 5) is 13.7. The number of anilines is 1. The molecule has 8 heteroatoms. The fraction of sp³-hybridized carbons (Fsp3) is 0.350. The third-order valence-corrected chi connectivity index (χ3v) is 6.51. The Hall–Kier alpha value is -2.16. The number of thioether (sulfide) groups is 1. The Balaban J connectivity index is 1.52. The lowest BCUT2D eigenvalue weighted by molar-refractivity contribution is -0.115. The van der Waals surface area contributed by atoms with E-state index in [1.165, 1.54) is 11.8 Å². The Morgan fingerprint density at radius 3 is 2.89 bits per heavy atom. The van der Waals surface area contributed by atoms with Crippen molar-refractivity contribution in [3.05, 3.63) is 47.8 Å². The van der Waals surface area contributed by atoms with Crippen LogP contribution in [0.2, 0.25) is 0 Å². The van der Waals surface area contributed by atoms with E-state index in [0.29, 0.717) is 6.54 Å². The van der Waals surface area contributed by atoms with E-state index in [2.05, 4.69) is 20.1 Å². The average molecular weight is 415 g/mol. The number of carbonyl (C=O) groups is 1. The molecule has 146 valence electrons. The third kappa shape index (κ3) is 4.45. The molecular weight excluding hydrogens is 392 g/mol. The molecule has 0 saturated carbocycles. The minimum atomic E-state index is -0.302. The summed E-state index contributed by atoms with van der Waals surface area (Å²) in [6, 6.07) is 13.5. The van der Waals surface area contributed by atoms with E-state index in [9.17, 15) is 4.79 Å². The predicted octanol–water partition coefficient (Wildman–Crippen LogP) is 4.30. The number of nitrogens with one attached hydrogen (secondary N) is 1. The fourth-order valence-corrected chi connectivity index (χ4v) is 4.67. The number of nitrogens with zero attached hydrogens (tertiary/aromatic N) is 3. The van der Waals surface area contributed by atoms with Gasteiger partial charge < -0.3 is 10.1 Å². The van der Waals surface area contributed by atoms with Crippen molar-refractivity contribution in [3.63, 3.8) is 0 Å². The summed E-state index contributed by atoms with van der Waals surface area (Å²) in [6.45, 7) is 3.40. The van der Waals surface area contributed by atoms with Gasteiger partial charge in [0.1, 0.15) is 0 Å². The maximum absolute atomic E-state index is 12.6. The van der Waals surface area contributed by atoms with Crippen molar-refractivity contribution in [1.82, 2.24) is 14.8 Å². The van der Waals surface area contributed by atoms with Crippen molar-refractivity contribution in [2.24, 2.45) is 0 Å². The van der Waals surface area contributed by atoms with Crippen LogP contribution in [0.25, 0.3) is 10.7 Å². The molecule has 2 unspecified atom stereocenters. The molecule has 2 aromatic heterocycles. The molecule has 1 aliphatic heterocycles. The second kappa shape index (κ2) is 8.89. The van der Waals surface area contributed by atoms with Gasteiger partial charge in [0.2, 0.25) is 5.91 Å². The van der Waals surface area contributed by atoms with Gasteiger partial charge in [0.15, 0.2) is 11.0 Å². The topological polar surface area (TPSA) is 69.0 Å². The first-order chi connectivity index (χ1) is 13.7. The highest BCUT2D eigenvalue weighted by molar-refractivity contribution is 8.00. The van der Waals surface area contributed by atoms with Gasteiger partial charge in [-0.25, -0.2) is 0 Å². The highest BCUT2D eigenvalue weighted by Crippen LogP contribution is 2.31. The summed E-state index contributed by atoms with van der Waals surface area (Å²) in [5.74, 6) is 0.782. The van der Waals surface area contributed by atoms with Crippen LogP contribution in [-0.2, 0) is 16.1 Å². The maximum Gasteiger partial charge on any atom is 0.237 e. The number of ether oxygens (including phenoxy) is 1. The quantitative estimate of drug-likeness (QED) is 0.584. The minimum absolute atomic E-state index is 0.0551. The van der Waals surface area contributed by atoms with Crippen LogP contribution in [0.15, 0.2) is 53.0 Å². The predicted molar refractivity (Wildman–Crippen MR) is 113 cm³/mol. The van der Waals surface area contributed by atoms with Crippen molar-refractivity contribution in [1.29, 1.82) is 0 Å².